The first-order chi connectivity index (χ1) is 18.3. The van der Waals surface area contributed by atoms with Gasteiger partial charge >= 0.3 is 30.0 Å². The second-order valence-electron chi connectivity index (χ2n) is 6.32. The van der Waals surface area contributed by atoms with Gasteiger partial charge < -0.3 is 23.8 Å². The van der Waals surface area contributed by atoms with Gasteiger partial charge in [-0.2, -0.15) is 30.7 Å². The molecular formula is C22H22F8O10. The van der Waals surface area contributed by atoms with E-state index in [-0.39, 0.29) is 12.2 Å². The van der Waals surface area contributed by atoms with E-state index < -0.39 is 73.0 Å². The molecule has 0 aromatic heterocycles. The summed E-state index contributed by atoms with van der Waals surface area (Å²) in [4.78, 5) is 61.0. The van der Waals surface area contributed by atoms with Crippen molar-refractivity contribution in [3.8, 4) is 0 Å². The number of alkyl halides is 8. The quantitative estimate of drug-likeness (QED) is 0.161. The average Bonchev–Trinajstić information content (AvgIpc) is 2.93. The average molecular weight is 598 g/mol. The monoisotopic (exact) mass is 598 g/mol. The van der Waals surface area contributed by atoms with Gasteiger partial charge in [0.25, 0.3) is 11.6 Å². The van der Waals surface area contributed by atoms with E-state index in [0.29, 0.717) is 12.2 Å². The molecule has 0 aliphatic carbocycles. The summed E-state index contributed by atoms with van der Waals surface area (Å²) in [6.07, 6.45) is -16.4. The Kier molecular flexibility index (Phi) is 17.4. The second-order valence-corrected chi connectivity index (χ2v) is 6.32. The molecule has 40 heavy (non-hydrogen) atoms. The predicted molar refractivity (Wildman–Crippen MR) is 117 cm³/mol. The number of ether oxygens (including phenoxy) is 4. The van der Waals surface area contributed by atoms with Crippen molar-refractivity contribution in [2.24, 2.45) is 0 Å². The third-order valence-electron chi connectivity index (χ3n) is 3.79. The topological polar surface area (TPSA) is 139 Å². The van der Waals surface area contributed by atoms with Gasteiger partial charge in [-0.25, -0.2) is 4.39 Å². The van der Waals surface area contributed by atoms with Crippen molar-refractivity contribution in [3.63, 3.8) is 0 Å². The second kappa shape index (κ2) is 17.1. The van der Waals surface area contributed by atoms with E-state index in [1.807, 2.05) is 13.6 Å². The zero-order valence-corrected chi connectivity index (χ0v) is 20.3. The maximum absolute atomic E-state index is 15.6. The molecular weight excluding hydrogens is 576 g/mol. The number of halogens is 8. The van der Waals surface area contributed by atoms with Crippen LogP contribution in [0.2, 0.25) is 0 Å². The number of ketones is 4. The Bertz CT molecular complexity index is 954. The van der Waals surface area contributed by atoms with E-state index in [1.54, 1.807) is 0 Å². The summed E-state index contributed by atoms with van der Waals surface area (Å²) in [5.74, 6) is -19.4. The van der Waals surface area contributed by atoms with E-state index in [0.717, 1.165) is 0 Å². The summed E-state index contributed by atoms with van der Waals surface area (Å²) in [5, 5.41) is 0. The van der Waals surface area contributed by atoms with Crippen LogP contribution in [0.25, 0.3) is 0 Å². The first-order valence-corrected chi connectivity index (χ1v) is 9.64. The maximum Gasteiger partial charge on any atom is 0.423 e. The fraction of sp³-hybridized carbons (Fsp3) is 0.364. The summed E-state index contributed by atoms with van der Waals surface area (Å²) >= 11 is 0. The summed E-state index contributed by atoms with van der Waals surface area (Å²) < 4.78 is 130. The molecule has 0 saturated heterocycles. The van der Waals surface area contributed by atoms with Gasteiger partial charge in [0.2, 0.25) is 0 Å². The molecule has 2 unspecified atom stereocenters. The van der Waals surface area contributed by atoms with Gasteiger partial charge in [0.15, 0.2) is 11.6 Å². The van der Waals surface area contributed by atoms with Crippen LogP contribution in [0.1, 0.15) is 0 Å². The van der Waals surface area contributed by atoms with E-state index in [9.17, 15) is 45.5 Å². The van der Waals surface area contributed by atoms with Crippen LogP contribution < -0.4 is 0 Å². The molecule has 0 aromatic rings. The zero-order chi connectivity index (χ0) is 32.6. The van der Waals surface area contributed by atoms with E-state index >= 15 is 8.78 Å². The number of carbonyl (C=O) groups is 6. The Morgan fingerprint density at radius 2 is 0.950 bits per heavy atom. The molecule has 10 nitrogen and oxygen atoms in total. The van der Waals surface area contributed by atoms with Gasteiger partial charge in [-0.1, -0.05) is 26.3 Å². The smallest absolute Gasteiger partial charge is 0.326 e. The minimum Gasteiger partial charge on any atom is -0.326 e. The SMILES string of the molecule is C=CC(=O)COC(F)(F)C(F)(OCC(=O)C=C)C(F)(COC(F)(F)C(=O)C=C)OC(F)(F)C(=O)C=C.C=O.C=O. The van der Waals surface area contributed by atoms with Crippen molar-refractivity contribution in [1.29, 1.82) is 0 Å². The normalized spacial score (nSPS) is 14.3. The Hall–Kier alpha value is -3.74. The van der Waals surface area contributed by atoms with Crippen molar-refractivity contribution < 1.29 is 82.8 Å². The van der Waals surface area contributed by atoms with Crippen molar-refractivity contribution in [2.75, 3.05) is 19.8 Å². The van der Waals surface area contributed by atoms with Gasteiger partial charge in [-0.3, -0.25) is 23.9 Å². The molecule has 0 heterocycles. The van der Waals surface area contributed by atoms with E-state index in [1.165, 1.54) is 0 Å². The molecule has 0 fully saturated rings. The highest BCUT2D eigenvalue weighted by Crippen LogP contribution is 2.48. The van der Waals surface area contributed by atoms with Gasteiger partial charge in [0, 0.05) is 0 Å². The highest BCUT2D eigenvalue weighted by Gasteiger charge is 2.76. The highest BCUT2D eigenvalue weighted by molar-refractivity contribution is 5.94. The number of rotatable bonds is 19. The molecule has 0 aliphatic heterocycles. The summed E-state index contributed by atoms with van der Waals surface area (Å²) in [7, 11) is 0. The molecule has 226 valence electrons. The Morgan fingerprint density at radius 3 is 1.32 bits per heavy atom. The fourth-order valence-electron chi connectivity index (χ4n) is 1.89. The van der Waals surface area contributed by atoms with Crippen molar-refractivity contribution in [2.45, 2.75) is 30.0 Å². The Morgan fingerprint density at radius 1 is 0.575 bits per heavy atom. The van der Waals surface area contributed by atoms with Crippen molar-refractivity contribution >= 4 is 36.7 Å². The number of carbonyl (C=O) groups excluding carboxylic acids is 6. The third-order valence-corrected chi connectivity index (χ3v) is 3.79. The van der Waals surface area contributed by atoms with Gasteiger partial charge in [-0.15, -0.1) is 0 Å². The standard InChI is InChI=1S/C20H18F8O8.2CH2O/c1-5-12(29)9-33-19(26,20(27,28)34-10-13(30)6-2)16(21,36-18(24,25)15(32)8-4)11-35-17(22,23)14(31)7-3;2*1-2/h5-8H,1-4,9-11H2;2*1H2. The van der Waals surface area contributed by atoms with Crippen LogP contribution in [0.15, 0.2) is 50.6 Å². The first-order valence-electron chi connectivity index (χ1n) is 9.64. The van der Waals surface area contributed by atoms with Crippen LogP contribution in [-0.2, 0) is 47.7 Å². The van der Waals surface area contributed by atoms with Gasteiger partial charge in [-0.05, 0) is 24.3 Å². The minimum atomic E-state index is -5.92. The Labute approximate surface area is 220 Å². The third kappa shape index (κ3) is 10.8. The fourth-order valence-corrected chi connectivity index (χ4v) is 1.89. The highest BCUT2D eigenvalue weighted by atomic mass is 19.3. The molecule has 18 heteroatoms. The maximum atomic E-state index is 15.6. The lowest BCUT2D eigenvalue weighted by Gasteiger charge is -2.42. The van der Waals surface area contributed by atoms with Crippen molar-refractivity contribution in [3.05, 3.63) is 50.6 Å². The van der Waals surface area contributed by atoms with Crippen LogP contribution >= 0.6 is 0 Å². The molecule has 0 saturated carbocycles. The summed E-state index contributed by atoms with van der Waals surface area (Å²) in [6.45, 7) is 8.15. The van der Waals surface area contributed by atoms with Crippen molar-refractivity contribution in [1.82, 2.24) is 0 Å². The molecule has 0 amide bonds. The zero-order valence-electron chi connectivity index (χ0n) is 20.3. The molecule has 2 atom stereocenters. The van der Waals surface area contributed by atoms with Crippen LogP contribution in [0.5, 0.6) is 0 Å². The lowest BCUT2D eigenvalue weighted by atomic mass is 10.1. The lowest BCUT2D eigenvalue weighted by molar-refractivity contribution is -0.480. The number of hydrogen-bond donors (Lipinski definition) is 0. The molecule has 0 N–H and O–H groups in total. The molecule has 0 rings (SSSR count). The van der Waals surface area contributed by atoms with Crippen LogP contribution in [0.4, 0.5) is 35.1 Å². The minimum absolute atomic E-state index is 0.114. The molecule has 0 bridgehead atoms. The largest absolute Gasteiger partial charge is 0.423 e. The summed E-state index contributed by atoms with van der Waals surface area (Å²) in [6, 6.07) is 0. The van der Waals surface area contributed by atoms with E-state index in [4.69, 9.17) is 9.59 Å². The predicted octanol–water partition coefficient (Wildman–Crippen LogP) is 2.81. The number of hydrogen-bond acceptors (Lipinski definition) is 10. The molecule has 0 radical (unpaired) electrons. The van der Waals surface area contributed by atoms with Crippen LogP contribution in [-0.4, -0.2) is 86.6 Å². The lowest BCUT2D eigenvalue weighted by Crippen LogP contribution is -2.67. The van der Waals surface area contributed by atoms with Crippen LogP contribution in [0.3, 0.4) is 0 Å². The summed E-state index contributed by atoms with van der Waals surface area (Å²) in [5.41, 5.74) is 0. The Balaban J connectivity index is -0.00000326. The van der Waals surface area contributed by atoms with Gasteiger partial charge in [0.05, 0.1) is 0 Å². The molecule has 0 aliphatic rings. The molecule has 0 aromatic carbocycles. The van der Waals surface area contributed by atoms with Gasteiger partial charge in [0.1, 0.15) is 33.4 Å². The first kappa shape index (κ1) is 40.8. The van der Waals surface area contributed by atoms with Crippen LogP contribution in [0, 0.1) is 0 Å². The molecule has 0 spiro atoms. The van der Waals surface area contributed by atoms with E-state index in [2.05, 4.69) is 45.3 Å².